The van der Waals surface area contributed by atoms with Crippen molar-refractivity contribution in [1.82, 2.24) is 0 Å². The lowest BCUT2D eigenvalue weighted by Gasteiger charge is -2.23. The third-order valence-corrected chi connectivity index (χ3v) is 4.12. The Morgan fingerprint density at radius 1 is 1.40 bits per heavy atom. The number of aliphatic hydroxyl groups is 1. The Labute approximate surface area is 119 Å². The van der Waals surface area contributed by atoms with Crippen LogP contribution in [0.25, 0.3) is 0 Å². The Morgan fingerprint density at radius 3 is 2.60 bits per heavy atom. The maximum Gasteiger partial charge on any atom is 0.170 e. The van der Waals surface area contributed by atoms with Crippen LogP contribution in [0.4, 0.5) is 0 Å². The van der Waals surface area contributed by atoms with E-state index in [1.807, 2.05) is 13.8 Å². The van der Waals surface area contributed by atoms with E-state index in [-0.39, 0.29) is 12.0 Å². The van der Waals surface area contributed by atoms with Gasteiger partial charge in [-0.3, -0.25) is 0 Å². The van der Waals surface area contributed by atoms with Gasteiger partial charge < -0.3 is 10.3 Å². The Bertz CT molecular complexity index is 511. The highest BCUT2D eigenvalue weighted by molar-refractivity contribution is 5.49. The summed E-state index contributed by atoms with van der Waals surface area (Å²) >= 11 is 0. The van der Waals surface area contributed by atoms with Gasteiger partial charge in [-0.2, -0.15) is 10.0 Å². The molecule has 0 heterocycles. The lowest BCUT2D eigenvalue weighted by atomic mass is 9.89. The second-order valence-electron chi connectivity index (χ2n) is 6.44. The molecule has 1 aromatic carbocycles. The summed E-state index contributed by atoms with van der Waals surface area (Å²) in [4.78, 5) is 4.83. The fraction of sp³-hybridized carbons (Fsp3) is 0.600. The summed E-state index contributed by atoms with van der Waals surface area (Å²) in [6, 6.07) is 2.11. The number of aryl methyl sites for hydroxylation is 1. The number of fused-ring (bicyclic) bond motifs is 1. The van der Waals surface area contributed by atoms with Gasteiger partial charge in [0.2, 0.25) is 0 Å². The van der Waals surface area contributed by atoms with E-state index in [0.717, 1.165) is 29.5 Å². The molecule has 1 aliphatic carbocycles. The van der Waals surface area contributed by atoms with Gasteiger partial charge in [0, 0.05) is 0 Å². The molecule has 0 aromatic heterocycles. The molecule has 1 aromatic rings. The smallest absolute Gasteiger partial charge is 0.170 e. The first-order valence-corrected chi connectivity index (χ1v) is 6.87. The standard InChI is InChI=1S/C15H23NO4/c1-9-5-11-6-15(3,4)7-12(11)10(2)14(9)13(8-17)20-16(18)19/h5,13,16-18H,6-8H2,1-4H3. The van der Waals surface area contributed by atoms with Crippen molar-refractivity contribution < 1.29 is 20.5 Å². The first kappa shape index (κ1) is 15.4. The maximum atomic E-state index is 10.8. The van der Waals surface area contributed by atoms with E-state index in [1.54, 1.807) is 0 Å². The highest BCUT2D eigenvalue weighted by atomic mass is 17.1. The SMILES string of the molecule is Cc1cc2c(c(C)c1C(CO)O[NH+]([O-])O)CC(C)(C)C2. The summed E-state index contributed by atoms with van der Waals surface area (Å²) in [5.74, 6) is 0. The molecule has 0 bridgehead atoms. The van der Waals surface area contributed by atoms with Crippen LogP contribution < -0.4 is 5.39 Å². The predicted octanol–water partition coefficient (Wildman–Crippen LogP) is 1.17. The van der Waals surface area contributed by atoms with Crippen LogP contribution in [0.1, 0.15) is 47.8 Å². The van der Waals surface area contributed by atoms with E-state index in [2.05, 4.69) is 19.9 Å². The fourth-order valence-corrected chi connectivity index (χ4v) is 3.39. The lowest BCUT2D eigenvalue weighted by molar-refractivity contribution is -1.21. The first-order chi connectivity index (χ1) is 9.25. The van der Waals surface area contributed by atoms with Crippen LogP contribution in [0.5, 0.6) is 0 Å². The summed E-state index contributed by atoms with van der Waals surface area (Å²) < 4.78 is 0. The van der Waals surface area contributed by atoms with E-state index < -0.39 is 11.5 Å². The van der Waals surface area contributed by atoms with Gasteiger partial charge >= 0.3 is 0 Å². The summed E-state index contributed by atoms with van der Waals surface area (Å²) in [7, 11) is 0. The zero-order valence-corrected chi connectivity index (χ0v) is 12.5. The summed E-state index contributed by atoms with van der Waals surface area (Å²) in [6.45, 7) is 8.08. The lowest BCUT2D eigenvalue weighted by Crippen LogP contribution is -3.03. The number of quaternary nitrogens is 1. The molecule has 0 amide bonds. The van der Waals surface area contributed by atoms with Gasteiger partial charge in [-0.05, 0) is 59.9 Å². The van der Waals surface area contributed by atoms with E-state index in [0.29, 0.717) is 0 Å². The number of nitrogens with one attached hydrogen (secondary N) is 1. The molecule has 0 spiro atoms. The second-order valence-corrected chi connectivity index (χ2v) is 6.44. The Kier molecular flexibility index (Phi) is 4.18. The quantitative estimate of drug-likeness (QED) is 0.724. The molecule has 0 saturated heterocycles. The second kappa shape index (κ2) is 5.42. The van der Waals surface area contributed by atoms with E-state index in [1.165, 1.54) is 11.1 Å². The minimum Gasteiger partial charge on any atom is -0.566 e. The molecule has 1 aliphatic rings. The summed E-state index contributed by atoms with van der Waals surface area (Å²) in [6.07, 6.45) is 1.21. The molecule has 5 heteroatoms. The average molecular weight is 281 g/mol. The van der Waals surface area contributed by atoms with Crippen molar-refractivity contribution in [1.29, 1.82) is 0 Å². The highest BCUT2D eigenvalue weighted by Crippen LogP contribution is 2.41. The van der Waals surface area contributed by atoms with Crippen LogP contribution in [-0.4, -0.2) is 16.9 Å². The van der Waals surface area contributed by atoms with Gasteiger partial charge in [0.15, 0.2) is 6.10 Å². The van der Waals surface area contributed by atoms with Crippen molar-refractivity contribution in [2.75, 3.05) is 6.61 Å². The Morgan fingerprint density at radius 2 is 2.05 bits per heavy atom. The highest BCUT2D eigenvalue weighted by Gasteiger charge is 2.32. The molecule has 2 rings (SSSR count). The van der Waals surface area contributed by atoms with Crippen LogP contribution in [0.2, 0.25) is 0 Å². The van der Waals surface area contributed by atoms with Crippen LogP contribution >= 0.6 is 0 Å². The van der Waals surface area contributed by atoms with Crippen molar-refractivity contribution in [3.8, 4) is 0 Å². The van der Waals surface area contributed by atoms with Crippen LogP contribution in [0.15, 0.2) is 6.07 Å². The zero-order chi connectivity index (χ0) is 15.1. The molecule has 0 saturated carbocycles. The normalized spacial score (nSPS) is 19.8. The number of aliphatic hydroxyl groups excluding tert-OH is 1. The topological polar surface area (TPSA) is 77.2 Å². The molecule has 0 aliphatic heterocycles. The minimum atomic E-state index is -1.36. The predicted molar refractivity (Wildman–Crippen MR) is 74.1 cm³/mol. The van der Waals surface area contributed by atoms with E-state index in [4.69, 9.17) is 10.0 Å². The fourth-order valence-electron chi connectivity index (χ4n) is 3.39. The van der Waals surface area contributed by atoms with Crippen molar-refractivity contribution in [2.45, 2.75) is 46.6 Å². The molecular weight excluding hydrogens is 258 g/mol. The Balaban J connectivity index is 2.46. The van der Waals surface area contributed by atoms with Gasteiger partial charge in [-0.25, -0.2) is 0 Å². The van der Waals surface area contributed by atoms with Gasteiger partial charge in [0.1, 0.15) is 0 Å². The summed E-state index contributed by atoms with van der Waals surface area (Å²) in [5.41, 5.74) is 5.71. The number of rotatable bonds is 4. The van der Waals surface area contributed by atoms with E-state index >= 15 is 0 Å². The minimum absolute atomic E-state index is 0.237. The molecule has 0 fully saturated rings. The van der Waals surface area contributed by atoms with Crippen molar-refractivity contribution in [3.63, 3.8) is 0 Å². The largest absolute Gasteiger partial charge is 0.566 e. The van der Waals surface area contributed by atoms with Gasteiger partial charge in [-0.15, -0.1) is 0 Å². The molecule has 2 atom stereocenters. The van der Waals surface area contributed by atoms with Crippen LogP contribution in [-0.2, 0) is 17.7 Å². The molecule has 3 N–H and O–H groups in total. The van der Waals surface area contributed by atoms with Crippen molar-refractivity contribution in [3.05, 3.63) is 39.1 Å². The number of benzene rings is 1. The van der Waals surface area contributed by atoms with E-state index in [9.17, 15) is 10.3 Å². The molecule has 20 heavy (non-hydrogen) atoms. The summed E-state index contributed by atoms with van der Waals surface area (Å²) in [5, 5.41) is 27.7. The number of hydrogen-bond acceptors (Lipinski definition) is 4. The molecule has 112 valence electrons. The third-order valence-electron chi connectivity index (χ3n) is 4.12. The Hall–Kier alpha value is -0.980. The third kappa shape index (κ3) is 2.87. The van der Waals surface area contributed by atoms with Gasteiger partial charge in [-0.1, -0.05) is 25.3 Å². The zero-order valence-electron chi connectivity index (χ0n) is 12.5. The number of hydrogen-bond donors (Lipinski definition) is 3. The first-order valence-electron chi connectivity index (χ1n) is 6.87. The average Bonchev–Trinajstić information content (AvgIpc) is 2.62. The monoisotopic (exact) mass is 281 g/mol. The molecule has 2 unspecified atom stereocenters. The van der Waals surface area contributed by atoms with Gasteiger partial charge in [0.25, 0.3) is 0 Å². The maximum absolute atomic E-state index is 10.8. The van der Waals surface area contributed by atoms with Gasteiger partial charge in [0.05, 0.1) is 6.61 Å². The van der Waals surface area contributed by atoms with Crippen molar-refractivity contribution in [2.24, 2.45) is 5.41 Å². The molecule has 0 radical (unpaired) electrons. The molecule has 5 nitrogen and oxygen atoms in total. The molecular formula is C15H23NO4. The van der Waals surface area contributed by atoms with Crippen LogP contribution in [0, 0.1) is 24.5 Å². The van der Waals surface area contributed by atoms with Crippen LogP contribution in [0.3, 0.4) is 0 Å². The van der Waals surface area contributed by atoms with Crippen molar-refractivity contribution >= 4 is 0 Å².